The third kappa shape index (κ3) is 3.91. The number of nitrogens with zero attached hydrogens (tertiary/aromatic N) is 3. The fourth-order valence-electron chi connectivity index (χ4n) is 2.56. The number of anilines is 1. The van der Waals surface area contributed by atoms with Crippen LogP contribution in [0.2, 0.25) is 0 Å². The molecule has 5 heteroatoms. The summed E-state index contributed by atoms with van der Waals surface area (Å²) in [6, 6.07) is 9.88. The van der Waals surface area contributed by atoms with Gasteiger partial charge in [0.05, 0.1) is 11.6 Å². The predicted molar refractivity (Wildman–Crippen MR) is 85.8 cm³/mol. The van der Waals surface area contributed by atoms with Crippen LogP contribution in [0.5, 0.6) is 0 Å². The first-order valence-corrected chi connectivity index (χ1v) is 7.55. The van der Waals surface area contributed by atoms with Crippen molar-refractivity contribution in [3.05, 3.63) is 29.8 Å². The summed E-state index contributed by atoms with van der Waals surface area (Å²) in [6.45, 7) is 9.75. The van der Waals surface area contributed by atoms with Gasteiger partial charge in [-0.2, -0.15) is 5.26 Å². The number of amides is 1. The number of rotatable bonds is 1. The Morgan fingerprint density at radius 3 is 2.41 bits per heavy atom. The Labute approximate surface area is 132 Å². The molecule has 0 radical (unpaired) electrons. The molecule has 118 valence electrons. The summed E-state index contributed by atoms with van der Waals surface area (Å²) >= 11 is 0. The lowest BCUT2D eigenvalue weighted by Gasteiger charge is -2.41. The van der Waals surface area contributed by atoms with E-state index in [0.717, 1.165) is 12.2 Å². The summed E-state index contributed by atoms with van der Waals surface area (Å²) in [7, 11) is 0. The second-order valence-electron chi connectivity index (χ2n) is 6.63. The maximum Gasteiger partial charge on any atom is 0.410 e. The van der Waals surface area contributed by atoms with Crippen LogP contribution in [-0.4, -0.2) is 42.3 Å². The minimum atomic E-state index is -0.468. The van der Waals surface area contributed by atoms with E-state index < -0.39 is 5.60 Å². The lowest BCUT2D eigenvalue weighted by molar-refractivity contribution is 0.0219. The molecule has 1 atom stereocenters. The van der Waals surface area contributed by atoms with Crippen molar-refractivity contribution in [1.29, 1.82) is 5.26 Å². The van der Waals surface area contributed by atoms with E-state index in [2.05, 4.69) is 17.9 Å². The molecule has 1 aromatic rings. The highest BCUT2D eigenvalue weighted by Crippen LogP contribution is 2.22. The Bertz CT molecular complexity index is 569. The van der Waals surface area contributed by atoms with E-state index >= 15 is 0 Å². The summed E-state index contributed by atoms with van der Waals surface area (Å²) in [5, 5.41) is 8.86. The van der Waals surface area contributed by atoms with Gasteiger partial charge in [0.2, 0.25) is 0 Å². The Kier molecular flexibility index (Phi) is 4.60. The van der Waals surface area contributed by atoms with E-state index in [-0.39, 0.29) is 12.1 Å². The highest BCUT2D eigenvalue weighted by molar-refractivity contribution is 5.69. The molecule has 1 aliphatic heterocycles. The zero-order valence-electron chi connectivity index (χ0n) is 13.7. The molecule has 22 heavy (non-hydrogen) atoms. The van der Waals surface area contributed by atoms with Gasteiger partial charge in [0.15, 0.2) is 0 Å². The van der Waals surface area contributed by atoms with Gasteiger partial charge in [-0.25, -0.2) is 4.79 Å². The molecule has 2 rings (SSSR count). The molecule has 0 saturated carbocycles. The number of benzene rings is 1. The minimum Gasteiger partial charge on any atom is -0.444 e. The van der Waals surface area contributed by atoms with E-state index in [9.17, 15) is 4.79 Å². The maximum atomic E-state index is 12.1. The second-order valence-corrected chi connectivity index (χ2v) is 6.63. The standard InChI is InChI=1S/C17H23N3O2/c1-13-12-19(16(21)22-17(2,3)4)9-10-20(13)15-7-5-14(11-18)6-8-15/h5-8,13H,9-10,12H2,1-4H3. The molecule has 1 aromatic carbocycles. The second kappa shape index (κ2) is 6.27. The summed E-state index contributed by atoms with van der Waals surface area (Å²) < 4.78 is 5.43. The monoisotopic (exact) mass is 301 g/mol. The Morgan fingerprint density at radius 2 is 1.91 bits per heavy atom. The topological polar surface area (TPSA) is 56.6 Å². The van der Waals surface area contributed by atoms with Gasteiger partial charge in [-0.3, -0.25) is 0 Å². The van der Waals surface area contributed by atoms with E-state index in [1.165, 1.54) is 0 Å². The van der Waals surface area contributed by atoms with Gasteiger partial charge < -0.3 is 14.5 Å². The van der Waals surface area contributed by atoms with Crippen LogP contribution in [0.3, 0.4) is 0 Å². The maximum absolute atomic E-state index is 12.1. The SMILES string of the molecule is CC1CN(C(=O)OC(C)(C)C)CCN1c1ccc(C#N)cc1. The number of carbonyl (C=O) groups excluding carboxylic acids is 1. The van der Waals surface area contributed by atoms with Crippen molar-refractivity contribution in [2.75, 3.05) is 24.5 Å². The van der Waals surface area contributed by atoms with E-state index in [0.29, 0.717) is 18.7 Å². The van der Waals surface area contributed by atoms with E-state index in [1.807, 2.05) is 45.0 Å². The zero-order chi connectivity index (χ0) is 16.3. The fourth-order valence-corrected chi connectivity index (χ4v) is 2.56. The van der Waals surface area contributed by atoms with Crippen LogP contribution in [0.25, 0.3) is 0 Å². The van der Waals surface area contributed by atoms with E-state index in [1.54, 1.807) is 4.90 Å². The summed E-state index contributed by atoms with van der Waals surface area (Å²) in [4.78, 5) is 16.1. The van der Waals surface area contributed by atoms with Gasteiger partial charge in [-0.15, -0.1) is 0 Å². The van der Waals surface area contributed by atoms with Gasteiger partial charge in [0, 0.05) is 31.4 Å². The van der Waals surface area contributed by atoms with E-state index in [4.69, 9.17) is 10.00 Å². The fraction of sp³-hybridized carbons (Fsp3) is 0.529. The Morgan fingerprint density at radius 1 is 1.27 bits per heavy atom. The number of piperazine rings is 1. The molecule has 0 aliphatic carbocycles. The van der Waals surface area contributed by atoms with Crippen LogP contribution < -0.4 is 4.90 Å². The average Bonchev–Trinajstić information content (AvgIpc) is 2.45. The quantitative estimate of drug-likeness (QED) is 0.800. The molecule has 5 nitrogen and oxygen atoms in total. The van der Waals surface area contributed by atoms with Crippen LogP contribution in [0.1, 0.15) is 33.3 Å². The van der Waals surface area contributed by atoms with Crippen molar-refractivity contribution in [3.63, 3.8) is 0 Å². The lowest BCUT2D eigenvalue weighted by atomic mass is 10.1. The van der Waals surface area contributed by atoms with Crippen LogP contribution in [0.15, 0.2) is 24.3 Å². The number of hydrogen-bond donors (Lipinski definition) is 0. The van der Waals surface area contributed by atoms with Crippen molar-refractivity contribution in [1.82, 2.24) is 4.90 Å². The molecule has 1 saturated heterocycles. The third-order valence-electron chi connectivity index (χ3n) is 3.61. The summed E-state index contributed by atoms with van der Waals surface area (Å²) in [5.74, 6) is 0. The first-order chi connectivity index (χ1) is 10.3. The molecule has 0 N–H and O–H groups in total. The molecule has 0 aromatic heterocycles. The summed E-state index contributed by atoms with van der Waals surface area (Å²) in [5.41, 5.74) is 1.27. The smallest absolute Gasteiger partial charge is 0.410 e. The first-order valence-electron chi connectivity index (χ1n) is 7.55. The van der Waals surface area contributed by atoms with Crippen LogP contribution in [-0.2, 0) is 4.74 Å². The highest BCUT2D eigenvalue weighted by atomic mass is 16.6. The van der Waals surface area contributed by atoms with Gasteiger partial charge in [0.1, 0.15) is 5.60 Å². The number of carbonyl (C=O) groups is 1. The van der Waals surface area contributed by atoms with Crippen molar-refractivity contribution in [2.45, 2.75) is 39.3 Å². The van der Waals surface area contributed by atoms with Gasteiger partial charge in [-0.1, -0.05) is 0 Å². The van der Waals surface area contributed by atoms with Crippen molar-refractivity contribution in [3.8, 4) is 6.07 Å². The molecular formula is C17H23N3O2. The van der Waals surface area contributed by atoms with Crippen LogP contribution >= 0.6 is 0 Å². The minimum absolute atomic E-state index is 0.203. The molecule has 1 heterocycles. The van der Waals surface area contributed by atoms with Gasteiger partial charge in [-0.05, 0) is 52.0 Å². The summed E-state index contributed by atoms with van der Waals surface area (Å²) in [6.07, 6.45) is -0.251. The molecule has 1 aliphatic rings. The van der Waals surface area contributed by atoms with Gasteiger partial charge >= 0.3 is 6.09 Å². The number of ether oxygens (including phenoxy) is 1. The molecule has 1 fully saturated rings. The molecule has 0 bridgehead atoms. The molecule has 0 spiro atoms. The average molecular weight is 301 g/mol. The zero-order valence-corrected chi connectivity index (χ0v) is 13.7. The third-order valence-corrected chi connectivity index (χ3v) is 3.61. The van der Waals surface area contributed by atoms with Crippen molar-refractivity contribution in [2.24, 2.45) is 0 Å². The normalized spacial score (nSPS) is 18.8. The predicted octanol–water partition coefficient (Wildman–Crippen LogP) is 3.00. The molecular weight excluding hydrogens is 278 g/mol. The van der Waals surface area contributed by atoms with Crippen LogP contribution in [0.4, 0.5) is 10.5 Å². The number of nitriles is 1. The van der Waals surface area contributed by atoms with Crippen molar-refractivity contribution >= 4 is 11.8 Å². The number of hydrogen-bond acceptors (Lipinski definition) is 4. The largest absolute Gasteiger partial charge is 0.444 e. The Hall–Kier alpha value is -2.22. The molecule has 1 unspecified atom stereocenters. The van der Waals surface area contributed by atoms with Crippen molar-refractivity contribution < 1.29 is 9.53 Å². The molecule has 1 amide bonds. The van der Waals surface area contributed by atoms with Gasteiger partial charge in [0.25, 0.3) is 0 Å². The highest BCUT2D eigenvalue weighted by Gasteiger charge is 2.29. The lowest BCUT2D eigenvalue weighted by Crippen LogP contribution is -2.54. The Balaban J connectivity index is 2.00. The van der Waals surface area contributed by atoms with Crippen LogP contribution in [0, 0.1) is 11.3 Å². The first kappa shape index (κ1) is 16.2.